The van der Waals surface area contributed by atoms with Crippen LogP contribution in [0.25, 0.3) is 0 Å². The third kappa shape index (κ3) is 5.64. The Balaban J connectivity index is 0.00000288. The fourth-order valence-electron chi connectivity index (χ4n) is 2.94. The molecule has 0 saturated carbocycles. The second-order valence-corrected chi connectivity index (χ2v) is 6.71. The second-order valence-electron chi connectivity index (χ2n) is 5.87. The normalized spacial score (nSPS) is 17.1. The van der Waals surface area contributed by atoms with Gasteiger partial charge in [-0.2, -0.15) is 0 Å². The van der Waals surface area contributed by atoms with Crippen LogP contribution >= 0.6 is 47.2 Å². The van der Waals surface area contributed by atoms with Crippen LogP contribution in [0.5, 0.6) is 0 Å². The number of rotatable bonds is 5. The van der Waals surface area contributed by atoms with E-state index < -0.39 is 0 Å². The molecule has 0 unspecified atom stereocenters. The number of aliphatic imine (C=N–C) groups is 1. The van der Waals surface area contributed by atoms with Gasteiger partial charge in [0.25, 0.3) is 0 Å². The highest BCUT2D eigenvalue weighted by Gasteiger charge is 2.36. The molecule has 4 nitrogen and oxygen atoms in total. The molecule has 1 aromatic carbocycles. The van der Waals surface area contributed by atoms with Gasteiger partial charge in [-0.25, -0.2) is 0 Å². The lowest BCUT2D eigenvalue weighted by Gasteiger charge is -2.39. The molecule has 7 heteroatoms. The standard InChI is InChI=1S/C17H25Cl2N3O.HI/c1-3-8-21-16(20-2)22-12-17(6-9-23-10-7-17)14-5-4-13(18)11-15(14)19;/h4-5,11H,3,6-10,12H2,1-2H3,(H2,20,21,22);1H. The van der Waals surface area contributed by atoms with E-state index in [1.54, 1.807) is 7.05 Å². The van der Waals surface area contributed by atoms with E-state index in [9.17, 15) is 0 Å². The van der Waals surface area contributed by atoms with E-state index in [2.05, 4.69) is 22.5 Å². The molecule has 0 amide bonds. The maximum absolute atomic E-state index is 6.49. The average molecular weight is 486 g/mol. The van der Waals surface area contributed by atoms with Gasteiger partial charge in [-0.15, -0.1) is 24.0 Å². The first-order chi connectivity index (χ1) is 11.1. The number of nitrogens with zero attached hydrogens (tertiary/aromatic N) is 1. The Morgan fingerprint density at radius 1 is 1.25 bits per heavy atom. The zero-order valence-electron chi connectivity index (χ0n) is 14.2. The summed E-state index contributed by atoms with van der Waals surface area (Å²) in [6.07, 6.45) is 2.90. The predicted octanol–water partition coefficient (Wildman–Crippen LogP) is 4.23. The Morgan fingerprint density at radius 3 is 2.54 bits per heavy atom. The monoisotopic (exact) mass is 485 g/mol. The second kappa shape index (κ2) is 10.7. The number of hydrogen-bond acceptors (Lipinski definition) is 2. The van der Waals surface area contributed by atoms with Crippen molar-refractivity contribution in [2.24, 2.45) is 4.99 Å². The Kier molecular flexibility index (Phi) is 9.71. The van der Waals surface area contributed by atoms with Crippen LogP contribution in [0.1, 0.15) is 31.7 Å². The van der Waals surface area contributed by atoms with Crippen molar-refractivity contribution in [3.05, 3.63) is 33.8 Å². The summed E-state index contributed by atoms with van der Waals surface area (Å²) in [7, 11) is 1.79. The molecule has 2 rings (SSSR count). The molecular weight excluding hydrogens is 460 g/mol. The summed E-state index contributed by atoms with van der Waals surface area (Å²) < 4.78 is 5.57. The number of halogens is 3. The first-order valence-electron chi connectivity index (χ1n) is 8.09. The van der Waals surface area contributed by atoms with Crippen molar-refractivity contribution in [3.63, 3.8) is 0 Å². The van der Waals surface area contributed by atoms with Crippen molar-refractivity contribution in [1.82, 2.24) is 10.6 Å². The van der Waals surface area contributed by atoms with E-state index in [4.69, 9.17) is 27.9 Å². The molecule has 2 N–H and O–H groups in total. The van der Waals surface area contributed by atoms with Crippen molar-refractivity contribution in [1.29, 1.82) is 0 Å². The summed E-state index contributed by atoms with van der Waals surface area (Å²) in [6, 6.07) is 5.77. The Morgan fingerprint density at radius 2 is 1.96 bits per heavy atom. The van der Waals surface area contributed by atoms with Crippen LogP contribution in [0.2, 0.25) is 10.0 Å². The van der Waals surface area contributed by atoms with Gasteiger partial charge in [0.05, 0.1) is 0 Å². The van der Waals surface area contributed by atoms with Gasteiger partial charge in [-0.1, -0.05) is 36.2 Å². The largest absolute Gasteiger partial charge is 0.381 e. The number of nitrogens with one attached hydrogen (secondary N) is 2. The zero-order chi connectivity index (χ0) is 16.7. The molecule has 0 spiro atoms. The molecule has 1 aliphatic heterocycles. The van der Waals surface area contributed by atoms with Gasteiger partial charge in [-0.05, 0) is 37.0 Å². The van der Waals surface area contributed by atoms with Crippen molar-refractivity contribution >= 4 is 53.1 Å². The highest BCUT2D eigenvalue weighted by Crippen LogP contribution is 2.39. The molecule has 1 aromatic rings. The van der Waals surface area contributed by atoms with Crippen LogP contribution in [-0.2, 0) is 10.2 Å². The van der Waals surface area contributed by atoms with Crippen molar-refractivity contribution < 1.29 is 4.74 Å². The van der Waals surface area contributed by atoms with Gasteiger partial charge in [0.15, 0.2) is 5.96 Å². The fraction of sp³-hybridized carbons (Fsp3) is 0.588. The van der Waals surface area contributed by atoms with E-state index >= 15 is 0 Å². The first-order valence-corrected chi connectivity index (χ1v) is 8.84. The molecule has 136 valence electrons. The van der Waals surface area contributed by atoms with Crippen LogP contribution in [0.3, 0.4) is 0 Å². The van der Waals surface area contributed by atoms with Crippen molar-refractivity contribution in [2.75, 3.05) is 33.4 Å². The Labute approximate surface area is 171 Å². The minimum atomic E-state index is -0.0657. The van der Waals surface area contributed by atoms with Crippen LogP contribution in [0.4, 0.5) is 0 Å². The lowest BCUT2D eigenvalue weighted by atomic mass is 9.74. The summed E-state index contributed by atoms with van der Waals surface area (Å²) in [5.74, 6) is 0.822. The number of benzene rings is 1. The summed E-state index contributed by atoms with van der Waals surface area (Å²) in [5.41, 5.74) is 1.06. The Hall–Kier alpha value is -0.240. The maximum atomic E-state index is 6.49. The van der Waals surface area contributed by atoms with Gasteiger partial charge in [0.1, 0.15) is 0 Å². The minimum Gasteiger partial charge on any atom is -0.381 e. The number of hydrogen-bond donors (Lipinski definition) is 2. The van der Waals surface area contributed by atoms with Crippen molar-refractivity contribution in [3.8, 4) is 0 Å². The topological polar surface area (TPSA) is 45.7 Å². The van der Waals surface area contributed by atoms with Crippen molar-refractivity contribution in [2.45, 2.75) is 31.6 Å². The summed E-state index contributed by atoms with van der Waals surface area (Å²) in [6.45, 7) is 5.27. The van der Waals surface area contributed by atoms with Crippen LogP contribution in [-0.4, -0.2) is 39.3 Å². The molecule has 1 fully saturated rings. The predicted molar refractivity (Wildman–Crippen MR) is 113 cm³/mol. The van der Waals surface area contributed by atoms with E-state index in [1.807, 2.05) is 18.2 Å². The molecule has 1 aliphatic rings. The quantitative estimate of drug-likeness (QED) is 0.372. The number of ether oxygens (including phenoxy) is 1. The highest BCUT2D eigenvalue weighted by atomic mass is 127. The van der Waals surface area contributed by atoms with Crippen LogP contribution in [0.15, 0.2) is 23.2 Å². The van der Waals surface area contributed by atoms with E-state index in [0.29, 0.717) is 5.02 Å². The minimum absolute atomic E-state index is 0. The van der Waals surface area contributed by atoms with Crippen LogP contribution < -0.4 is 10.6 Å². The maximum Gasteiger partial charge on any atom is 0.191 e. The molecule has 0 atom stereocenters. The van der Waals surface area contributed by atoms with Gasteiger partial charge >= 0.3 is 0 Å². The molecular formula is C17H26Cl2IN3O. The molecule has 0 aromatic heterocycles. The zero-order valence-corrected chi connectivity index (χ0v) is 18.0. The summed E-state index contributed by atoms with van der Waals surface area (Å²) >= 11 is 12.5. The van der Waals surface area contributed by atoms with E-state index in [1.165, 1.54) is 0 Å². The summed E-state index contributed by atoms with van der Waals surface area (Å²) in [4.78, 5) is 4.28. The molecule has 24 heavy (non-hydrogen) atoms. The fourth-order valence-corrected chi connectivity index (χ4v) is 3.55. The third-order valence-corrected chi connectivity index (χ3v) is 4.86. The van der Waals surface area contributed by atoms with E-state index in [-0.39, 0.29) is 29.4 Å². The molecule has 0 radical (unpaired) electrons. The van der Waals surface area contributed by atoms with Gasteiger partial charge in [-0.3, -0.25) is 4.99 Å². The van der Waals surface area contributed by atoms with Gasteiger partial charge in [0.2, 0.25) is 0 Å². The van der Waals surface area contributed by atoms with E-state index in [0.717, 1.165) is 62.1 Å². The molecule has 1 heterocycles. The lowest BCUT2D eigenvalue weighted by Crippen LogP contribution is -2.48. The van der Waals surface area contributed by atoms with Gasteiger partial charge < -0.3 is 15.4 Å². The smallest absolute Gasteiger partial charge is 0.191 e. The van der Waals surface area contributed by atoms with Crippen LogP contribution in [0, 0.1) is 0 Å². The lowest BCUT2D eigenvalue weighted by molar-refractivity contribution is 0.0514. The molecule has 1 saturated heterocycles. The van der Waals surface area contributed by atoms with Gasteiger partial charge in [0, 0.05) is 48.8 Å². The SMILES string of the molecule is CCCNC(=NC)NCC1(c2ccc(Cl)cc2Cl)CCOCC1.I. The molecule has 0 aliphatic carbocycles. The summed E-state index contributed by atoms with van der Waals surface area (Å²) in [5, 5.41) is 8.13. The average Bonchev–Trinajstić information content (AvgIpc) is 2.56. The Bertz CT molecular complexity index is 549. The third-order valence-electron chi connectivity index (χ3n) is 4.31. The first kappa shape index (κ1) is 21.8. The highest BCUT2D eigenvalue weighted by molar-refractivity contribution is 14.0. The molecule has 0 bridgehead atoms. The number of guanidine groups is 1.